The molecule has 1 saturated heterocycles. The van der Waals surface area contributed by atoms with E-state index in [9.17, 15) is 31.1 Å². The maximum absolute atomic E-state index is 13.4. The quantitative estimate of drug-likeness (QED) is 0.409. The molecule has 32 heavy (non-hydrogen) atoms. The molecule has 2 aromatic rings. The van der Waals surface area contributed by atoms with Gasteiger partial charge in [0.2, 0.25) is 0 Å². The summed E-state index contributed by atoms with van der Waals surface area (Å²) in [6.07, 6.45) is -6.33. The van der Waals surface area contributed by atoms with E-state index in [1.165, 1.54) is 12.2 Å². The highest BCUT2D eigenvalue weighted by atomic mass is 19.4. The van der Waals surface area contributed by atoms with E-state index in [1.807, 2.05) is 0 Å². The lowest BCUT2D eigenvalue weighted by Gasteiger charge is -2.45. The number of alkyl halides is 6. The molecule has 1 aromatic heterocycles. The van der Waals surface area contributed by atoms with Gasteiger partial charge in [0.25, 0.3) is 0 Å². The second kappa shape index (κ2) is 7.55. The zero-order valence-corrected chi connectivity index (χ0v) is 17.1. The molecule has 0 radical (unpaired) electrons. The van der Waals surface area contributed by atoms with Crippen LogP contribution in [0.5, 0.6) is 0 Å². The topological polar surface area (TPSA) is 48.4 Å². The molecule has 4 rings (SSSR count). The number of hydrogen-bond acceptors (Lipinski definition) is 4. The third-order valence-corrected chi connectivity index (χ3v) is 6.25. The van der Waals surface area contributed by atoms with Crippen molar-refractivity contribution in [1.29, 1.82) is 0 Å². The standard InChI is InChI=1S/C22H19F6NO3/c1-11-17(30)9-14-10-18(11)31-32-20(14,2)6-5-12-7-19(22(26,27)28)29-16-8-13(21(23,24)25)3-4-15(12)16/h3-8,11,14,18H,9-10H2,1-2H3. The minimum Gasteiger partial charge on any atom is -0.299 e. The highest BCUT2D eigenvalue weighted by molar-refractivity contribution is 5.89. The fourth-order valence-corrected chi connectivity index (χ4v) is 4.13. The average Bonchev–Trinajstić information content (AvgIpc) is 2.70. The van der Waals surface area contributed by atoms with Crippen molar-refractivity contribution >= 4 is 22.8 Å². The maximum atomic E-state index is 13.4. The lowest BCUT2D eigenvalue weighted by atomic mass is 9.71. The van der Waals surface area contributed by atoms with Gasteiger partial charge in [-0.3, -0.25) is 4.79 Å². The molecule has 4 atom stereocenters. The number of Topliss-reactive ketones (excluding diaryl/α,β-unsaturated/α-hetero) is 1. The van der Waals surface area contributed by atoms with Gasteiger partial charge < -0.3 is 0 Å². The van der Waals surface area contributed by atoms with Gasteiger partial charge in [0.05, 0.1) is 11.1 Å². The van der Waals surface area contributed by atoms with Gasteiger partial charge in [0, 0.05) is 23.6 Å². The second-order valence-corrected chi connectivity index (χ2v) is 8.45. The third kappa shape index (κ3) is 4.13. The number of fused-ring (bicyclic) bond motifs is 3. The van der Waals surface area contributed by atoms with E-state index >= 15 is 0 Å². The van der Waals surface area contributed by atoms with Crippen LogP contribution in [0, 0.1) is 11.8 Å². The van der Waals surface area contributed by atoms with Crippen LogP contribution in [-0.2, 0) is 26.9 Å². The van der Waals surface area contributed by atoms with Crippen LogP contribution in [0.4, 0.5) is 26.3 Å². The summed E-state index contributed by atoms with van der Waals surface area (Å²) < 4.78 is 79.2. The van der Waals surface area contributed by atoms with E-state index in [4.69, 9.17) is 9.78 Å². The number of pyridine rings is 1. The molecule has 0 amide bonds. The smallest absolute Gasteiger partial charge is 0.299 e. The molecule has 2 heterocycles. The van der Waals surface area contributed by atoms with Crippen LogP contribution in [0.15, 0.2) is 30.3 Å². The van der Waals surface area contributed by atoms with Crippen molar-refractivity contribution in [2.45, 2.75) is 50.7 Å². The van der Waals surface area contributed by atoms with Gasteiger partial charge in [-0.1, -0.05) is 19.1 Å². The number of rotatable bonds is 2. The first-order chi connectivity index (χ1) is 14.8. The lowest BCUT2D eigenvalue weighted by molar-refractivity contribution is -0.415. The molecule has 2 aliphatic rings. The van der Waals surface area contributed by atoms with Crippen LogP contribution >= 0.6 is 0 Å². The first-order valence-corrected chi connectivity index (χ1v) is 9.93. The predicted octanol–water partition coefficient (Wildman–Crippen LogP) is 5.99. The molecule has 10 heteroatoms. The Labute approximate surface area is 179 Å². The molecule has 1 aliphatic carbocycles. The lowest BCUT2D eigenvalue weighted by Crippen LogP contribution is -2.51. The molecule has 0 spiro atoms. The maximum Gasteiger partial charge on any atom is 0.433 e. The summed E-state index contributed by atoms with van der Waals surface area (Å²) in [4.78, 5) is 26.5. The summed E-state index contributed by atoms with van der Waals surface area (Å²) in [6, 6.07) is 3.25. The van der Waals surface area contributed by atoms with E-state index in [-0.39, 0.29) is 41.1 Å². The van der Waals surface area contributed by atoms with Crippen molar-refractivity contribution in [3.05, 3.63) is 47.2 Å². The summed E-state index contributed by atoms with van der Waals surface area (Å²) in [7, 11) is 0. The van der Waals surface area contributed by atoms with Crippen molar-refractivity contribution < 1.29 is 40.9 Å². The molecular weight excluding hydrogens is 440 g/mol. The molecular formula is C22H19F6NO3. The monoisotopic (exact) mass is 459 g/mol. The van der Waals surface area contributed by atoms with Crippen molar-refractivity contribution in [3.63, 3.8) is 0 Å². The summed E-state index contributed by atoms with van der Waals surface area (Å²) in [5.74, 6) is -0.531. The van der Waals surface area contributed by atoms with E-state index in [0.717, 1.165) is 18.2 Å². The first kappa shape index (κ1) is 22.7. The van der Waals surface area contributed by atoms with Crippen LogP contribution in [0.2, 0.25) is 0 Å². The molecule has 4 unspecified atom stereocenters. The van der Waals surface area contributed by atoms with Gasteiger partial charge in [-0.2, -0.15) is 26.3 Å². The van der Waals surface area contributed by atoms with Gasteiger partial charge in [-0.05, 0) is 43.2 Å². The van der Waals surface area contributed by atoms with Crippen molar-refractivity contribution in [2.24, 2.45) is 11.8 Å². The molecule has 172 valence electrons. The van der Waals surface area contributed by atoms with E-state index in [2.05, 4.69) is 4.98 Å². The van der Waals surface area contributed by atoms with Crippen LogP contribution in [0.1, 0.15) is 43.5 Å². The number of aromatic nitrogens is 1. The highest BCUT2D eigenvalue weighted by Crippen LogP contribution is 2.43. The van der Waals surface area contributed by atoms with Crippen LogP contribution in [-0.4, -0.2) is 22.5 Å². The Bertz CT molecular complexity index is 1090. The van der Waals surface area contributed by atoms with E-state index in [0.29, 0.717) is 12.5 Å². The number of ketones is 1. The Hall–Kier alpha value is -2.46. The Morgan fingerprint density at radius 2 is 1.84 bits per heavy atom. The van der Waals surface area contributed by atoms with Crippen LogP contribution < -0.4 is 0 Å². The molecule has 1 saturated carbocycles. The number of carbonyl (C=O) groups excluding carboxylic acids is 1. The SMILES string of the molecule is CC1C(=O)CC2CC1OOC2(C)C=Cc1cc(C(F)(F)F)nc2cc(C(F)(F)F)ccc12. The third-order valence-electron chi connectivity index (χ3n) is 6.25. The van der Waals surface area contributed by atoms with Crippen LogP contribution in [0.25, 0.3) is 17.0 Å². The molecule has 0 N–H and O–H groups in total. The Balaban J connectivity index is 1.76. The summed E-state index contributed by atoms with van der Waals surface area (Å²) in [5.41, 5.74) is -3.90. The van der Waals surface area contributed by atoms with E-state index in [1.54, 1.807) is 13.8 Å². The summed E-state index contributed by atoms with van der Waals surface area (Å²) >= 11 is 0. The number of halogens is 6. The Kier molecular flexibility index (Phi) is 5.36. The van der Waals surface area contributed by atoms with Gasteiger partial charge in [0.1, 0.15) is 23.2 Å². The number of carbonyl (C=O) groups is 1. The van der Waals surface area contributed by atoms with Gasteiger partial charge in [-0.15, -0.1) is 0 Å². The first-order valence-electron chi connectivity index (χ1n) is 9.93. The van der Waals surface area contributed by atoms with Gasteiger partial charge in [-0.25, -0.2) is 14.8 Å². The molecule has 2 bridgehead atoms. The van der Waals surface area contributed by atoms with E-state index < -0.39 is 34.7 Å². The zero-order valence-electron chi connectivity index (χ0n) is 17.1. The van der Waals surface area contributed by atoms with Gasteiger partial charge >= 0.3 is 12.4 Å². The van der Waals surface area contributed by atoms with Gasteiger partial charge in [0.15, 0.2) is 0 Å². The second-order valence-electron chi connectivity index (χ2n) is 8.45. The predicted molar refractivity (Wildman–Crippen MR) is 102 cm³/mol. The fraction of sp³-hybridized carbons (Fsp3) is 0.455. The minimum absolute atomic E-state index is 0.0163. The summed E-state index contributed by atoms with van der Waals surface area (Å²) in [6.45, 7) is 3.41. The Morgan fingerprint density at radius 3 is 2.50 bits per heavy atom. The van der Waals surface area contributed by atoms with Crippen molar-refractivity contribution in [2.75, 3.05) is 0 Å². The minimum atomic E-state index is -4.85. The highest BCUT2D eigenvalue weighted by Gasteiger charge is 2.48. The van der Waals surface area contributed by atoms with Crippen molar-refractivity contribution in [1.82, 2.24) is 4.98 Å². The Morgan fingerprint density at radius 1 is 1.12 bits per heavy atom. The summed E-state index contributed by atoms with van der Waals surface area (Å²) in [5, 5.41) is 0.119. The molecule has 2 fully saturated rings. The number of benzene rings is 1. The largest absolute Gasteiger partial charge is 0.433 e. The average molecular weight is 459 g/mol. The zero-order chi connectivity index (χ0) is 23.5. The molecule has 1 aliphatic heterocycles. The fourth-order valence-electron chi connectivity index (χ4n) is 4.13. The number of nitrogens with zero attached hydrogens (tertiary/aromatic N) is 1. The molecule has 4 nitrogen and oxygen atoms in total. The normalized spacial score (nSPS) is 29.1. The molecule has 1 aromatic carbocycles. The number of hydrogen-bond donors (Lipinski definition) is 0. The van der Waals surface area contributed by atoms with Crippen molar-refractivity contribution in [3.8, 4) is 0 Å². The van der Waals surface area contributed by atoms with Crippen LogP contribution in [0.3, 0.4) is 0 Å².